The molecular formula is C20H19F6N3O3. The second kappa shape index (κ2) is 10.8. The topological polar surface area (TPSA) is 94.3 Å². The minimum absolute atomic E-state index is 0.0109. The van der Waals surface area contributed by atoms with E-state index in [9.17, 15) is 35.9 Å². The van der Waals surface area contributed by atoms with Crippen LogP contribution >= 0.6 is 0 Å². The highest BCUT2D eigenvalue weighted by Crippen LogP contribution is 2.37. The molecule has 32 heavy (non-hydrogen) atoms. The predicted molar refractivity (Wildman–Crippen MR) is 101 cm³/mol. The van der Waals surface area contributed by atoms with Gasteiger partial charge >= 0.3 is 6.61 Å². The number of aromatic nitrogens is 1. The minimum Gasteiger partial charge on any atom is -0.432 e. The maximum absolute atomic E-state index is 13.3. The summed E-state index contributed by atoms with van der Waals surface area (Å²) in [5.74, 6) is -8.09. The highest BCUT2D eigenvalue weighted by Gasteiger charge is 2.39. The van der Waals surface area contributed by atoms with E-state index in [0.717, 1.165) is 18.2 Å². The van der Waals surface area contributed by atoms with E-state index in [1.54, 1.807) is 0 Å². The molecule has 1 aromatic carbocycles. The summed E-state index contributed by atoms with van der Waals surface area (Å²) in [5.41, 5.74) is 5.42. The van der Waals surface area contributed by atoms with E-state index in [-0.39, 0.29) is 12.1 Å². The Balaban J connectivity index is 0.000000258. The summed E-state index contributed by atoms with van der Waals surface area (Å²) in [6, 6.07) is 5.61. The van der Waals surface area contributed by atoms with Crippen LogP contribution in [0.25, 0.3) is 0 Å². The molecule has 0 bridgehead atoms. The van der Waals surface area contributed by atoms with E-state index in [1.807, 2.05) is 0 Å². The fourth-order valence-corrected chi connectivity index (χ4v) is 2.95. The molecule has 0 aliphatic heterocycles. The Hall–Kier alpha value is -3.31. The van der Waals surface area contributed by atoms with E-state index in [4.69, 9.17) is 5.73 Å². The molecule has 0 saturated heterocycles. The van der Waals surface area contributed by atoms with Crippen LogP contribution < -0.4 is 15.8 Å². The molecule has 6 nitrogen and oxygen atoms in total. The third kappa shape index (κ3) is 7.43. The standard InChI is InChI=1S/C13H15F2N3O2.C7H4F4O/c14-13(15)4-1-2-8(7-13)12(20)18-9-3-5-17-10(6-9)11(16)19;8-4-2-1-3-5(6(4)9)12-7(10)11/h3,5-6,8H,1-2,4,7H2,(H2,16,19)(H,17,18,20);1-3,7H. The lowest BCUT2D eigenvalue weighted by Gasteiger charge is -2.27. The van der Waals surface area contributed by atoms with Gasteiger partial charge in [-0.15, -0.1) is 0 Å². The molecule has 1 atom stereocenters. The van der Waals surface area contributed by atoms with Crippen molar-refractivity contribution in [3.05, 3.63) is 53.9 Å². The van der Waals surface area contributed by atoms with Gasteiger partial charge in [-0.25, -0.2) is 13.2 Å². The molecule has 2 aromatic rings. The zero-order valence-electron chi connectivity index (χ0n) is 16.5. The lowest BCUT2D eigenvalue weighted by molar-refractivity contribution is -0.127. The van der Waals surface area contributed by atoms with E-state index < -0.39 is 54.1 Å². The van der Waals surface area contributed by atoms with Crippen molar-refractivity contribution in [2.45, 2.75) is 38.2 Å². The molecule has 1 saturated carbocycles. The molecule has 1 fully saturated rings. The van der Waals surface area contributed by atoms with Crippen molar-refractivity contribution < 1.29 is 40.7 Å². The van der Waals surface area contributed by atoms with E-state index >= 15 is 0 Å². The smallest absolute Gasteiger partial charge is 0.387 e. The summed E-state index contributed by atoms with van der Waals surface area (Å²) in [6.07, 6.45) is 1.48. The monoisotopic (exact) mass is 463 g/mol. The number of alkyl halides is 4. The normalized spacial score (nSPS) is 17.2. The van der Waals surface area contributed by atoms with Gasteiger partial charge in [0.15, 0.2) is 11.6 Å². The predicted octanol–water partition coefficient (Wildman–Crippen LogP) is 4.51. The number of anilines is 1. The quantitative estimate of drug-likeness (QED) is 0.638. The Morgan fingerprint density at radius 3 is 2.56 bits per heavy atom. The molecule has 3 N–H and O–H groups in total. The third-order valence-electron chi connectivity index (χ3n) is 4.42. The van der Waals surface area contributed by atoms with Gasteiger partial charge < -0.3 is 15.8 Å². The summed E-state index contributed by atoms with van der Waals surface area (Å²) < 4.78 is 78.1. The lowest BCUT2D eigenvalue weighted by Crippen LogP contribution is -2.33. The average molecular weight is 463 g/mol. The van der Waals surface area contributed by atoms with Gasteiger partial charge in [-0.3, -0.25) is 14.6 Å². The molecule has 1 aliphatic rings. The Bertz CT molecular complexity index is 958. The Kier molecular flexibility index (Phi) is 8.44. The van der Waals surface area contributed by atoms with Crippen molar-refractivity contribution in [2.24, 2.45) is 11.7 Å². The molecular weight excluding hydrogens is 444 g/mol. The largest absolute Gasteiger partial charge is 0.432 e. The van der Waals surface area contributed by atoms with Crippen LogP contribution in [0.5, 0.6) is 5.75 Å². The van der Waals surface area contributed by atoms with Crippen molar-refractivity contribution in [2.75, 3.05) is 5.32 Å². The number of rotatable bonds is 5. The van der Waals surface area contributed by atoms with Crippen LogP contribution in [-0.2, 0) is 4.79 Å². The van der Waals surface area contributed by atoms with Crippen LogP contribution in [0.2, 0.25) is 0 Å². The van der Waals surface area contributed by atoms with Gasteiger partial charge in [-0.1, -0.05) is 6.07 Å². The second-order valence-electron chi connectivity index (χ2n) is 6.86. The number of hydrogen-bond acceptors (Lipinski definition) is 4. The summed E-state index contributed by atoms with van der Waals surface area (Å²) in [7, 11) is 0. The summed E-state index contributed by atoms with van der Waals surface area (Å²) in [5, 5.41) is 2.52. The molecule has 1 aliphatic carbocycles. The van der Waals surface area contributed by atoms with Crippen molar-refractivity contribution >= 4 is 17.5 Å². The Morgan fingerprint density at radius 1 is 1.22 bits per heavy atom. The maximum Gasteiger partial charge on any atom is 0.387 e. The van der Waals surface area contributed by atoms with Gasteiger partial charge in [0.1, 0.15) is 5.69 Å². The molecule has 174 valence electrons. The zero-order valence-corrected chi connectivity index (χ0v) is 16.5. The third-order valence-corrected chi connectivity index (χ3v) is 4.42. The SMILES string of the molecule is Fc1cccc(OC(F)F)c1F.NC(=O)c1cc(NC(=O)C2CCCC(F)(F)C2)ccn1. The number of benzene rings is 1. The first-order valence-corrected chi connectivity index (χ1v) is 9.32. The van der Waals surface area contributed by atoms with Crippen LogP contribution in [0.1, 0.15) is 36.2 Å². The first kappa shape index (κ1) is 25.0. The van der Waals surface area contributed by atoms with Crippen LogP contribution in [-0.4, -0.2) is 29.3 Å². The number of carbonyl (C=O) groups is 2. The van der Waals surface area contributed by atoms with Gasteiger partial charge in [-0.05, 0) is 37.1 Å². The van der Waals surface area contributed by atoms with Crippen molar-refractivity contribution in [3.8, 4) is 5.75 Å². The number of halogens is 6. The van der Waals surface area contributed by atoms with Gasteiger partial charge in [0.05, 0.1) is 0 Å². The fraction of sp³-hybridized carbons (Fsp3) is 0.350. The van der Waals surface area contributed by atoms with Crippen LogP contribution in [0.3, 0.4) is 0 Å². The zero-order chi connectivity index (χ0) is 23.9. The van der Waals surface area contributed by atoms with Gasteiger partial charge in [0.25, 0.3) is 5.91 Å². The van der Waals surface area contributed by atoms with Gasteiger partial charge in [-0.2, -0.15) is 13.2 Å². The number of primary amides is 1. The summed E-state index contributed by atoms with van der Waals surface area (Å²) in [6.45, 7) is -3.15. The fourth-order valence-electron chi connectivity index (χ4n) is 2.95. The molecule has 3 rings (SSSR count). The first-order chi connectivity index (χ1) is 15.0. The number of amides is 2. The molecule has 0 spiro atoms. The van der Waals surface area contributed by atoms with E-state index in [1.165, 1.54) is 18.3 Å². The van der Waals surface area contributed by atoms with E-state index in [2.05, 4.69) is 15.0 Å². The van der Waals surface area contributed by atoms with Crippen LogP contribution in [0, 0.1) is 17.6 Å². The highest BCUT2D eigenvalue weighted by atomic mass is 19.3. The summed E-state index contributed by atoms with van der Waals surface area (Å²) >= 11 is 0. The number of pyridine rings is 1. The molecule has 1 unspecified atom stereocenters. The average Bonchev–Trinajstić information content (AvgIpc) is 2.71. The molecule has 1 heterocycles. The second-order valence-corrected chi connectivity index (χ2v) is 6.86. The number of hydrogen-bond donors (Lipinski definition) is 2. The van der Waals surface area contributed by atoms with Crippen LogP contribution in [0.4, 0.5) is 32.0 Å². The molecule has 1 aromatic heterocycles. The maximum atomic E-state index is 13.3. The number of carbonyl (C=O) groups excluding carboxylic acids is 2. The summed E-state index contributed by atoms with van der Waals surface area (Å²) in [4.78, 5) is 26.7. The van der Waals surface area contributed by atoms with Crippen molar-refractivity contribution in [3.63, 3.8) is 0 Å². The van der Waals surface area contributed by atoms with Crippen molar-refractivity contribution in [1.29, 1.82) is 0 Å². The van der Waals surface area contributed by atoms with Crippen molar-refractivity contribution in [1.82, 2.24) is 4.98 Å². The number of nitrogens with zero attached hydrogens (tertiary/aromatic N) is 1. The number of ether oxygens (including phenoxy) is 1. The highest BCUT2D eigenvalue weighted by molar-refractivity contribution is 5.95. The van der Waals surface area contributed by atoms with Gasteiger partial charge in [0.2, 0.25) is 17.6 Å². The number of nitrogens with one attached hydrogen (secondary N) is 1. The van der Waals surface area contributed by atoms with E-state index in [0.29, 0.717) is 18.5 Å². The molecule has 0 radical (unpaired) electrons. The first-order valence-electron chi connectivity index (χ1n) is 9.32. The van der Waals surface area contributed by atoms with Crippen LogP contribution in [0.15, 0.2) is 36.5 Å². The molecule has 12 heteroatoms. The van der Waals surface area contributed by atoms with Gasteiger partial charge in [0, 0.05) is 30.6 Å². The Labute approximate surface area is 178 Å². The minimum atomic E-state index is -3.15. The molecule has 2 amide bonds. The Morgan fingerprint density at radius 2 is 1.94 bits per heavy atom. The lowest BCUT2D eigenvalue weighted by atomic mass is 9.86. The number of nitrogens with two attached hydrogens (primary N) is 1.